The van der Waals surface area contributed by atoms with Gasteiger partial charge in [0.15, 0.2) is 0 Å². The summed E-state index contributed by atoms with van der Waals surface area (Å²) in [5, 5.41) is 10.1. The zero-order chi connectivity index (χ0) is 23.8. The van der Waals surface area contributed by atoms with E-state index in [0.29, 0.717) is 24.7 Å². The number of ether oxygens (including phenoxy) is 1. The van der Waals surface area contributed by atoms with Crippen molar-refractivity contribution in [1.29, 1.82) is 0 Å². The van der Waals surface area contributed by atoms with E-state index < -0.39 is 5.60 Å². The highest BCUT2D eigenvalue weighted by Crippen LogP contribution is 2.39. The summed E-state index contributed by atoms with van der Waals surface area (Å²) in [5.41, 5.74) is 3.50. The van der Waals surface area contributed by atoms with Gasteiger partial charge in [-0.1, -0.05) is 23.7 Å². The monoisotopic (exact) mass is 467 g/mol. The van der Waals surface area contributed by atoms with Crippen LogP contribution in [0.15, 0.2) is 47.5 Å². The van der Waals surface area contributed by atoms with E-state index >= 15 is 0 Å². The fraction of sp³-hybridized carbons (Fsp3) is 0.385. The molecule has 2 aliphatic rings. The Bertz CT molecular complexity index is 1120. The van der Waals surface area contributed by atoms with Crippen LogP contribution in [-0.4, -0.2) is 66.4 Å². The van der Waals surface area contributed by atoms with E-state index in [9.17, 15) is 9.90 Å². The molecule has 7 heteroatoms. The van der Waals surface area contributed by atoms with Gasteiger partial charge in [0.2, 0.25) is 5.91 Å². The molecule has 1 saturated heterocycles. The first-order valence-electron chi connectivity index (χ1n) is 11.1. The summed E-state index contributed by atoms with van der Waals surface area (Å²) in [4.78, 5) is 20.7. The standard InChI is InChI=1S/C26H30ClN3O3/c1-26(2,20-15-30(16-20)25(32)6-5-9-29(3)4)33-24-12-18(10-19-13-28-14-21(19)24)17-7-8-23(31)22(27)11-17/h5-8,10-12,14,20,31H,9,13,15-16H2,1-4H3/b6-5+. The van der Waals surface area contributed by atoms with Crippen LogP contribution in [0, 0.1) is 5.92 Å². The summed E-state index contributed by atoms with van der Waals surface area (Å²) in [5.74, 6) is 1.10. The molecule has 174 valence electrons. The third-order valence-electron chi connectivity index (χ3n) is 6.27. The number of aliphatic imine (C=N–C) groups is 1. The SMILES string of the molecule is CN(C)C/C=C/C(=O)N1CC(C(C)(C)Oc2cc(-c3ccc(O)c(Cl)c3)cc3c2C=NC3)C1. The molecule has 1 fully saturated rings. The molecule has 4 rings (SSSR count). The molecule has 2 aliphatic heterocycles. The Kier molecular flexibility index (Phi) is 6.50. The zero-order valence-electron chi connectivity index (χ0n) is 19.5. The van der Waals surface area contributed by atoms with Gasteiger partial charge < -0.3 is 19.6 Å². The molecule has 2 aromatic carbocycles. The van der Waals surface area contributed by atoms with Crippen LogP contribution in [-0.2, 0) is 11.3 Å². The maximum Gasteiger partial charge on any atom is 0.246 e. The number of aromatic hydroxyl groups is 1. The molecule has 2 heterocycles. The second-order valence-corrected chi connectivity index (χ2v) is 9.90. The lowest BCUT2D eigenvalue weighted by atomic mass is 9.84. The molecule has 6 nitrogen and oxygen atoms in total. The first kappa shape index (κ1) is 23.3. The number of hydrogen-bond acceptors (Lipinski definition) is 5. The largest absolute Gasteiger partial charge is 0.506 e. The van der Waals surface area contributed by atoms with Gasteiger partial charge >= 0.3 is 0 Å². The molecular formula is C26H30ClN3O3. The number of benzene rings is 2. The lowest BCUT2D eigenvalue weighted by Crippen LogP contribution is -2.59. The van der Waals surface area contributed by atoms with Crippen molar-refractivity contribution in [3.63, 3.8) is 0 Å². The van der Waals surface area contributed by atoms with Crippen LogP contribution >= 0.6 is 11.6 Å². The lowest BCUT2D eigenvalue weighted by molar-refractivity contribution is -0.137. The van der Waals surface area contributed by atoms with Gasteiger partial charge in [0, 0.05) is 43.4 Å². The van der Waals surface area contributed by atoms with Crippen LogP contribution in [0.2, 0.25) is 5.02 Å². The molecule has 2 aromatic rings. The van der Waals surface area contributed by atoms with Crippen molar-refractivity contribution in [2.45, 2.75) is 26.0 Å². The molecule has 0 spiro atoms. The Labute approximate surface area is 200 Å². The van der Waals surface area contributed by atoms with Crippen LogP contribution in [0.5, 0.6) is 11.5 Å². The van der Waals surface area contributed by atoms with Crippen molar-refractivity contribution in [3.8, 4) is 22.6 Å². The number of likely N-dealkylation sites (tertiary alicyclic amines) is 1. The average molecular weight is 468 g/mol. The second-order valence-electron chi connectivity index (χ2n) is 9.49. The highest BCUT2D eigenvalue weighted by Gasteiger charge is 2.42. The Hall–Kier alpha value is -2.83. The van der Waals surface area contributed by atoms with E-state index in [1.54, 1.807) is 18.2 Å². The van der Waals surface area contributed by atoms with Crippen molar-refractivity contribution < 1.29 is 14.6 Å². The van der Waals surface area contributed by atoms with Gasteiger partial charge in [0.25, 0.3) is 0 Å². The van der Waals surface area contributed by atoms with Crippen LogP contribution in [0.1, 0.15) is 25.0 Å². The van der Waals surface area contributed by atoms with E-state index in [1.165, 1.54) is 0 Å². The van der Waals surface area contributed by atoms with Gasteiger partial charge in [-0.05, 0) is 68.9 Å². The molecule has 0 saturated carbocycles. The Morgan fingerprint density at radius 1 is 1.27 bits per heavy atom. The molecule has 1 N–H and O–H groups in total. The van der Waals surface area contributed by atoms with Gasteiger partial charge in [-0.3, -0.25) is 9.79 Å². The maximum absolute atomic E-state index is 12.4. The lowest BCUT2D eigenvalue weighted by Gasteiger charge is -2.47. The normalized spacial score (nSPS) is 15.9. The number of nitrogens with zero attached hydrogens (tertiary/aromatic N) is 3. The van der Waals surface area contributed by atoms with Crippen LogP contribution < -0.4 is 4.74 Å². The molecule has 0 unspecified atom stereocenters. The van der Waals surface area contributed by atoms with Crippen LogP contribution in [0.4, 0.5) is 0 Å². The third kappa shape index (κ3) is 5.07. The number of likely N-dealkylation sites (N-methyl/N-ethyl adjacent to an activating group) is 1. The third-order valence-corrected chi connectivity index (χ3v) is 6.57. The highest BCUT2D eigenvalue weighted by molar-refractivity contribution is 6.32. The predicted octanol–water partition coefficient (Wildman–Crippen LogP) is 4.38. The number of halogens is 1. The van der Waals surface area contributed by atoms with Crippen molar-refractivity contribution in [3.05, 3.63) is 58.6 Å². The van der Waals surface area contributed by atoms with Crippen LogP contribution in [0.3, 0.4) is 0 Å². The van der Waals surface area contributed by atoms with Crippen molar-refractivity contribution in [1.82, 2.24) is 9.80 Å². The highest BCUT2D eigenvalue weighted by atomic mass is 35.5. The summed E-state index contributed by atoms with van der Waals surface area (Å²) < 4.78 is 6.57. The first-order valence-corrected chi connectivity index (χ1v) is 11.5. The minimum Gasteiger partial charge on any atom is -0.506 e. The van der Waals surface area contributed by atoms with E-state index in [0.717, 1.165) is 34.5 Å². The summed E-state index contributed by atoms with van der Waals surface area (Å²) in [6.07, 6.45) is 5.40. The van der Waals surface area contributed by atoms with Crippen molar-refractivity contribution >= 4 is 23.7 Å². The summed E-state index contributed by atoms with van der Waals surface area (Å²) in [6.45, 7) is 6.83. The van der Waals surface area contributed by atoms with Gasteiger partial charge in [-0.25, -0.2) is 0 Å². The molecular weight excluding hydrogens is 438 g/mol. The van der Waals surface area contributed by atoms with Gasteiger partial charge in [-0.2, -0.15) is 0 Å². The number of carbonyl (C=O) groups is 1. The molecule has 0 aliphatic carbocycles. The quantitative estimate of drug-likeness (QED) is 0.614. The molecule has 1 amide bonds. The Balaban J connectivity index is 1.50. The Morgan fingerprint density at radius 3 is 2.73 bits per heavy atom. The van der Waals surface area contributed by atoms with E-state index in [-0.39, 0.29) is 17.6 Å². The summed E-state index contributed by atoms with van der Waals surface area (Å²) >= 11 is 6.14. The molecule has 33 heavy (non-hydrogen) atoms. The molecule has 0 radical (unpaired) electrons. The number of phenolic OH excluding ortho intramolecular Hbond substituents is 1. The average Bonchev–Trinajstić information content (AvgIpc) is 3.17. The first-order chi connectivity index (χ1) is 15.6. The summed E-state index contributed by atoms with van der Waals surface area (Å²) in [6, 6.07) is 9.29. The van der Waals surface area contributed by atoms with Crippen molar-refractivity contribution in [2.24, 2.45) is 10.9 Å². The van der Waals surface area contributed by atoms with Gasteiger partial charge in [0.1, 0.15) is 17.1 Å². The number of carbonyl (C=O) groups excluding carboxylic acids is 1. The topological polar surface area (TPSA) is 65.4 Å². The number of hydrogen-bond donors (Lipinski definition) is 1. The zero-order valence-corrected chi connectivity index (χ0v) is 20.3. The number of phenols is 1. The van der Waals surface area contributed by atoms with E-state index in [4.69, 9.17) is 16.3 Å². The van der Waals surface area contributed by atoms with Gasteiger partial charge in [0.05, 0.1) is 11.6 Å². The van der Waals surface area contributed by atoms with E-state index in [2.05, 4.69) is 24.9 Å². The molecule has 0 aromatic heterocycles. The maximum atomic E-state index is 12.4. The Morgan fingerprint density at radius 2 is 2.03 bits per heavy atom. The summed E-state index contributed by atoms with van der Waals surface area (Å²) in [7, 11) is 3.95. The smallest absolute Gasteiger partial charge is 0.246 e. The second kappa shape index (κ2) is 9.20. The van der Waals surface area contributed by atoms with Crippen molar-refractivity contribution in [2.75, 3.05) is 33.7 Å². The van der Waals surface area contributed by atoms with Crippen LogP contribution in [0.25, 0.3) is 11.1 Å². The number of amides is 1. The fourth-order valence-corrected chi connectivity index (χ4v) is 4.25. The molecule has 0 bridgehead atoms. The minimum absolute atomic E-state index is 0.0446. The minimum atomic E-state index is -0.459. The predicted molar refractivity (Wildman–Crippen MR) is 132 cm³/mol. The molecule has 0 atom stereocenters. The number of fused-ring (bicyclic) bond motifs is 1. The number of rotatable bonds is 7. The van der Waals surface area contributed by atoms with E-state index in [1.807, 2.05) is 48.3 Å². The van der Waals surface area contributed by atoms with Gasteiger partial charge in [-0.15, -0.1) is 0 Å². The fourth-order valence-electron chi connectivity index (χ4n) is 4.07.